The van der Waals surface area contributed by atoms with Gasteiger partial charge in [0.2, 0.25) is 5.95 Å². The predicted octanol–water partition coefficient (Wildman–Crippen LogP) is 3.05. The molecule has 0 saturated carbocycles. The number of hydrogen-bond donors (Lipinski definition) is 1. The summed E-state index contributed by atoms with van der Waals surface area (Å²) in [7, 11) is 0. The maximum atomic E-state index is 4.60. The van der Waals surface area contributed by atoms with Gasteiger partial charge in [0.05, 0.1) is 4.47 Å². The molecule has 0 spiro atoms. The summed E-state index contributed by atoms with van der Waals surface area (Å²) in [5.41, 5.74) is 0.181. The number of hydrogen-bond acceptors (Lipinski definition) is 4. The third kappa shape index (κ3) is 2.54. The Bertz CT molecular complexity index is 405. The van der Waals surface area contributed by atoms with Gasteiger partial charge in [-0.2, -0.15) is 4.98 Å². The van der Waals surface area contributed by atoms with E-state index in [4.69, 9.17) is 0 Å². The molecule has 2 heterocycles. The van der Waals surface area contributed by atoms with Gasteiger partial charge in [0.15, 0.2) is 0 Å². The molecular formula is C12H19BrN4. The van der Waals surface area contributed by atoms with E-state index in [1.165, 1.54) is 12.8 Å². The lowest BCUT2D eigenvalue weighted by molar-refractivity contribution is 0.513. The summed E-state index contributed by atoms with van der Waals surface area (Å²) in [4.78, 5) is 11.2. The number of anilines is 2. The minimum Gasteiger partial charge on any atom is -0.354 e. The Balaban J connectivity index is 2.33. The molecule has 1 saturated heterocycles. The zero-order valence-corrected chi connectivity index (χ0v) is 12.2. The normalized spacial score (nSPS) is 18.5. The zero-order chi connectivity index (χ0) is 12.5. The summed E-state index contributed by atoms with van der Waals surface area (Å²) in [6.07, 6.45) is 4.26. The molecule has 1 fully saturated rings. The molecule has 0 amide bonds. The third-order valence-electron chi connectivity index (χ3n) is 3.22. The quantitative estimate of drug-likeness (QED) is 0.931. The Morgan fingerprint density at radius 3 is 2.88 bits per heavy atom. The van der Waals surface area contributed by atoms with Crippen LogP contribution in [0.1, 0.15) is 33.6 Å². The van der Waals surface area contributed by atoms with Crippen LogP contribution in [0.4, 0.5) is 11.8 Å². The minimum absolute atomic E-state index is 0.181. The SMILES string of the molecule is CCNc1ncc(Br)c(N2CCCC2(C)C)n1. The fourth-order valence-corrected chi connectivity index (χ4v) is 2.70. The summed E-state index contributed by atoms with van der Waals surface area (Å²) >= 11 is 3.55. The third-order valence-corrected chi connectivity index (χ3v) is 3.78. The fourth-order valence-electron chi connectivity index (χ4n) is 2.29. The summed E-state index contributed by atoms with van der Waals surface area (Å²) in [6, 6.07) is 0. The van der Waals surface area contributed by atoms with Gasteiger partial charge in [-0.05, 0) is 49.5 Å². The summed E-state index contributed by atoms with van der Waals surface area (Å²) in [5.74, 6) is 1.70. The second-order valence-corrected chi connectivity index (χ2v) is 5.82. The number of aromatic nitrogens is 2. The van der Waals surface area contributed by atoms with Crippen molar-refractivity contribution in [2.45, 2.75) is 39.2 Å². The molecule has 0 bridgehead atoms. The molecule has 4 nitrogen and oxygen atoms in total. The van der Waals surface area contributed by atoms with Crippen molar-refractivity contribution in [3.05, 3.63) is 10.7 Å². The Morgan fingerprint density at radius 1 is 1.53 bits per heavy atom. The van der Waals surface area contributed by atoms with E-state index >= 15 is 0 Å². The van der Waals surface area contributed by atoms with Crippen LogP contribution < -0.4 is 10.2 Å². The Labute approximate surface area is 111 Å². The monoisotopic (exact) mass is 298 g/mol. The van der Waals surface area contributed by atoms with E-state index in [0.717, 1.165) is 23.4 Å². The van der Waals surface area contributed by atoms with Crippen LogP contribution in [0.15, 0.2) is 10.7 Å². The molecule has 0 aliphatic carbocycles. The first-order valence-corrected chi connectivity index (χ1v) is 6.88. The van der Waals surface area contributed by atoms with Crippen molar-refractivity contribution in [3.63, 3.8) is 0 Å². The van der Waals surface area contributed by atoms with E-state index in [1.54, 1.807) is 0 Å². The summed E-state index contributed by atoms with van der Waals surface area (Å²) in [5, 5.41) is 3.16. The lowest BCUT2D eigenvalue weighted by Gasteiger charge is -2.33. The molecule has 1 N–H and O–H groups in total. The minimum atomic E-state index is 0.181. The first kappa shape index (κ1) is 12.6. The number of rotatable bonds is 3. The molecule has 1 aliphatic heterocycles. The maximum Gasteiger partial charge on any atom is 0.224 e. The molecule has 0 atom stereocenters. The molecule has 0 aromatic carbocycles. The van der Waals surface area contributed by atoms with Crippen LogP contribution in [-0.4, -0.2) is 28.6 Å². The molecule has 1 aliphatic rings. The second-order valence-electron chi connectivity index (χ2n) is 4.96. The molecule has 1 aromatic heterocycles. The summed E-state index contributed by atoms with van der Waals surface area (Å²) in [6.45, 7) is 8.48. The van der Waals surface area contributed by atoms with Crippen LogP contribution >= 0.6 is 15.9 Å². The van der Waals surface area contributed by atoms with Gasteiger partial charge in [-0.15, -0.1) is 0 Å². The highest BCUT2D eigenvalue weighted by atomic mass is 79.9. The van der Waals surface area contributed by atoms with Gasteiger partial charge in [0, 0.05) is 24.8 Å². The maximum absolute atomic E-state index is 4.60. The Morgan fingerprint density at radius 2 is 2.29 bits per heavy atom. The van der Waals surface area contributed by atoms with Gasteiger partial charge in [0.1, 0.15) is 5.82 Å². The molecule has 0 unspecified atom stereocenters. The van der Waals surface area contributed by atoms with Gasteiger partial charge < -0.3 is 10.2 Å². The van der Waals surface area contributed by atoms with Crippen molar-refractivity contribution in [1.82, 2.24) is 9.97 Å². The van der Waals surface area contributed by atoms with Crippen LogP contribution in [0.25, 0.3) is 0 Å². The van der Waals surface area contributed by atoms with Crippen LogP contribution in [0, 0.1) is 0 Å². The van der Waals surface area contributed by atoms with E-state index in [2.05, 4.69) is 50.0 Å². The molecule has 0 radical (unpaired) electrons. The van der Waals surface area contributed by atoms with Gasteiger partial charge in [-0.3, -0.25) is 0 Å². The topological polar surface area (TPSA) is 41.1 Å². The van der Waals surface area contributed by atoms with Crippen molar-refractivity contribution in [3.8, 4) is 0 Å². The second kappa shape index (κ2) is 4.80. The highest BCUT2D eigenvalue weighted by molar-refractivity contribution is 9.10. The van der Waals surface area contributed by atoms with E-state index in [-0.39, 0.29) is 5.54 Å². The molecule has 94 valence electrons. The number of nitrogens with zero attached hydrogens (tertiary/aromatic N) is 3. The van der Waals surface area contributed by atoms with Gasteiger partial charge in [0.25, 0.3) is 0 Å². The lowest BCUT2D eigenvalue weighted by atomic mass is 10.0. The zero-order valence-electron chi connectivity index (χ0n) is 10.6. The first-order chi connectivity index (χ1) is 8.04. The molecule has 17 heavy (non-hydrogen) atoms. The van der Waals surface area contributed by atoms with Crippen LogP contribution in [0.2, 0.25) is 0 Å². The standard InChI is InChI=1S/C12H19BrN4/c1-4-14-11-15-8-9(13)10(16-11)17-7-5-6-12(17,2)3/h8H,4-7H2,1-3H3,(H,14,15,16). The molecule has 5 heteroatoms. The number of halogens is 1. The van der Waals surface area contributed by atoms with E-state index in [1.807, 2.05) is 13.1 Å². The lowest BCUT2D eigenvalue weighted by Crippen LogP contribution is -2.39. The molecule has 1 aromatic rings. The number of nitrogens with one attached hydrogen (secondary N) is 1. The summed E-state index contributed by atoms with van der Waals surface area (Å²) < 4.78 is 0.967. The van der Waals surface area contributed by atoms with Crippen molar-refractivity contribution in [2.75, 3.05) is 23.3 Å². The van der Waals surface area contributed by atoms with Crippen molar-refractivity contribution >= 4 is 27.7 Å². The van der Waals surface area contributed by atoms with Gasteiger partial charge >= 0.3 is 0 Å². The predicted molar refractivity (Wildman–Crippen MR) is 74.6 cm³/mol. The van der Waals surface area contributed by atoms with Crippen LogP contribution in [-0.2, 0) is 0 Å². The highest BCUT2D eigenvalue weighted by Crippen LogP contribution is 2.36. The van der Waals surface area contributed by atoms with Crippen molar-refractivity contribution < 1.29 is 0 Å². The average molecular weight is 299 g/mol. The van der Waals surface area contributed by atoms with Crippen molar-refractivity contribution in [1.29, 1.82) is 0 Å². The molecule has 2 rings (SSSR count). The van der Waals surface area contributed by atoms with Crippen LogP contribution in [0.5, 0.6) is 0 Å². The largest absolute Gasteiger partial charge is 0.354 e. The van der Waals surface area contributed by atoms with Gasteiger partial charge in [-0.1, -0.05) is 0 Å². The Kier molecular flexibility index (Phi) is 3.56. The van der Waals surface area contributed by atoms with Crippen LogP contribution in [0.3, 0.4) is 0 Å². The smallest absolute Gasteiger partial charge is 0.224 e. The molecular weight excluding hydrogens is 280 g/mol. The van der Waals surface area contributed by atoms with Crippen molar-refractivity contribution in [2.24, 2.45) is 0 Å². The average Bonchev–Trinajstić information content (AvgIpc) is 2.61. The Hall–Kier alpha value is -0.840. The van der Waals surface area contributed by atoms with Gasteiger partial charge in [-0.25, -0.2) is 4.98 Å². The van der Waals surface area contributed by atoms with E-state index < -0.39 is 0 Å². The first-order valence-electron chi connectivity index (χ1n) is 6.08. The van der Waals surface area contributed by atoms with E-state index in [0.29, 0.717) is 5.95 Å². The fraction of sp³-hybridized carbons (Fsp3) is 0.667. The highest BCUT2D eigenvalue weighted by Gasteiger charge is 2.34. The van der Waals surface area contributed by atoms with E-state index in [9.17, 15) is 0 Å².